The number of hydrogen-bond acceptors (Lipinski definition) is 4. The maximum Gasteiger partial charge on any atom is 0.164 e. The molecule has 0 atom stereocenters. The first-order valence-electron chi connectivity index (χ1n) is 19.4. The van der Waals surface area contributed by atoms with Gasteiger partial charge in [0, 0.05) is 27.5 Å². The smallest absolute Gasteiger partial charge is 0.164 e. The summed E-state index contributed by atoms with van der Waals surface area (Å²) in [6.45, 7) is 6.68. The molecule has 0 bridgehead atoms. The number of benzene rings is 8. The molecule has 2 heterocycles. The molecule has 58 heavy (non-hydrogen) atoms. The van der Waals surface area contributed by atoms with E-state index in [0.717, 1.165) is 77.6 Å². The van der Waals surface area contributed by atoms with Gasteiger partial charge in [0.1, 0.15) is 11.2 Å². The van der Waals surface area contributed by atoms with Crippen LogP contribution in [0.4, 0.5) is 0 Å². The maximum atomic E-state index is 6.49. The first-order valence-corrected chi connectivity index (χ1v) is 19.4. The van der Waals surface area contributed by atoms with Gasteiger partial charge in [0.05, 0.1) is 0 Å². The molecule has 2 aromatic heterocycles. The Kier molecular flexibility index (Phi) is 8.85. The van der Waals surface area contributed by atoms with Crippen LogP contribution in [0.2, 0.25) is 0 Å². The van der Waals surface area contributed by atoms with E-state index in [-0.39, 0.29) is 0 Å². The highest BCUT2D eigenvalue weighted by atomic mass is 16.3. The van der Waals surface area contributed by atoms with Gasteiger partial charge >= 0.3 is 0 Å². The topological polar surface area (TPSA) is 51.8 Å². The monoisotopic (exact) mass is 743 g/mol. The molecule has 0 saturated carbocycles. The second kappa shape index (κ2) is 14.8. The lowest BCUT2D eigenvalue weighted by Crippen LogP contribution is -2.00. The summed E-state index contributed by atoms with van der Waals surface area (Å²) in [6.07, 6.45) is 0. The van der Waals surface area contributed by atoms with Gasteiger partial charge in [-0.05, 0) is 105 Å². The quantitative estimate of drug-likeness (QED) is 0.155. The largest absolute Gasteiger partial charge is 0.456 e. The minimum atomic E-state index is 0.612. The summed E-state index contributed by atoms with van der Waals surface area (Å²) >= 11 is 0. The van der Waals surface area contributed by atoms with Gasteiger partial charge in [0.2, 0.25) is 0 Å². The normalized spacial score (nSPS) is 11.3. The first kappa shape index (κ1) is 34.8. The van der Waals surface area contributed by atoms with Crippen molar-refractivity contribution in [3.05, 3.63) is 217 Å². The summed E-state index contributed by atoms with van der Waals surface area (Å²) in [5.41, 5.74) is 15.8. The van der Waals surface area contributed by atoms with Crippen molar-refractivity contribution in [2.45, 2.75) is 6.92 Å². The Morgan fingerprint density at radius 1 is 0.397 bits per heavy atom. The molecule has 274 valence electrons. The Labute approximate surface area is 337 Å². The Bertz CT molecular complexity index is 3070. The summed E-state index contributed by atoms with van der Waals surface area (Å²) in [4.78, 5) is 14.8. The summed E-state index contributed by atoms with van der Waals surface area (Å²) in [5.74, 6) is 1.88. The molecule has 0 fully saturated rings. The van der Waals surface area contributed by atoms with Gasteiger partial charge in [0.15, 0.2) is 17.5 Å². The van der Waals surface area contributed by atoms with Gasteiger partial charge in [-0.2, -0.15) is 0 Å². The molecule has 0 unspecified atom stereocenters. The number of hydrogen-bond donors (Lipinski definition) is 0. The van der Waals surface area contributed by atoms with Crippen LogP contribution in [0, 0.1) is 6.92 Å². The third kappa shape index (κ3) is 6.57. The predicted octanol–water partition coefficient (Wildman–Crippen LogP) is 14.1. The van der Waals surface area contributed by atoms with Crippen LogP contribution >= 0.6 is 0 Å². The molecular formula is C54H37N3O. The minimum absolute atomic E-state index is 0.612. The zero-order valence-electron chi connectivity index (χ0n) is 31.9. The molecule has 0 aliphatic heterocycles. The molecule has 10 aromatic rings. The second-order valence-corrected chi connectivity index (χ2v) is 14.6. The number of aromatic nitrogens is 3. The van der Waals surface area contributed by atoms with Crippen molar-refractivity contribution >= 4 is 27.5 Å². The van der Waals surface area contributed by atoms with Crippen LogP contribution in [0.1, 0.15) is 16.7 Å². The summed E-state index contributed by atoms with van der Waals surface area (Å²) in [5, 5.41) is 2.05. The van der Waals surface area contributed by atoms with Crippen LogP contribution in [0.15, 0.2) is 205 Å². The van der Waals surface area contributed by atoms with Gasteiger partial charge in [-0.1, -0.05) is 158 Å². The van der Waals surface area contributed by atoms with Crippen LogP contribution < -0.4 is 0 Å². The van der Waals surface area contributed by atoms with Crippen LogP contribution in [0.25, 0.3) is 95.1 Å². The summed E-state index contributed by atoms with van der Waals surface area (Å²) in [7, 11) is 0. The van der Waals surface area contributed by atoms with E-state index in [2.05, 4.69) is 129 Å². The van der Waals surface area contributed by atoms with Crippen molar-refractivity contribution in [1.29, 1.82) is 0 Å². The van der Waals surface area contributed by atoms with Crippen molar-refractivity contribution in [3.63, 3.8) is 0 Å². The third-order valence-corrected chi connectivity index (χ3v) is 10.9. The van der Waals surface area contributed by atoms with Crippen LogP contribution in [-0.2, 0) is 0 Å². The third-order valence-electron chi connectivity index (χ3n) is 10.9. The van der Waals surface area contributed by atoms with E-state index in [4.69, 9.17) is 19.4 Å². The minimum Gasteiger partial charge on any atom is -0.456 e. The van der Waals surface area contributed by atoms with Gasteiger partial charge in [-0.15, -0.1) is 0 Å². The highest BCUT2D eigenvalue weighted by Crippen LogP contribution is 2.38. The van der Waals surface area contributed by atoms with E-state index >= 15 is 0 Å². The van der Waals surface area contributed by atoms with Crippen LogP contribution in [0.5, 0.6) is 0 Å². The molecule has 0 saturated heterocycles. The SMILES string of the molecule is C=C(c1ccccc1)c1ccccc1-c1cc(-c2cccc(-c3ccc4c(c3)oc3ccc(-c5nc(-c6ccccc6)nc(-c6ccccc6)n5)cc34)c2)ccc1C. The fourth-order valence-corrected chi connectivity index (χ4v) is 7.78. The fraction of sp³-hybridized carbons (Fsp3) is 0.0185. The fourth-order valence-electron chi connectivity index (χ4n) is 7.78. The number of furan rings is 1. The predicted molar refractivity (Wildman–Crippen MR) is 239 cm³/mol. The average molecular weight is 744 g/mol. The van der Waals surface area contributed by atoms with Crippen molar-refractivity contribution in [3.8, 4) is 67.5 Å². The Morgan fingerprint density at radius 3 is 1.62 bits per heavy atom. The van der Waals surface area contributed by atoms with Crippen molar-refractivity contribution in [1.82, 2.24) is 15.0 Å². The molecular weight excluding hydrogens is 707 g/mol. The molecule has 0 amide bonds. The van der Waals surface area contributed by atoms with Crippen molar-refractivity contribution in [2.24, 2.45) is 0 Å². The van der Waals surface area contributed by atoms with Crippen LogP contribution in [0.3, 0.4) is 0 Å². The first-order chi connectivity index (χ1) is 28.6. The van der Waals surface area contributed by atoms with E-state index in [9.17, 15) is 0 Å². The molecule has 0 aliphatic rings. The van der Waals surface area contributed by atoms with Gasteiger partial charge in [-0.25, -0.2) is 15.0 Å². The zero-order chi connectivity index (χ0) is 39.0. The molecule has 4 heteroatoms. The molecule has 0 radical (unpaired) electrons. The van der Waals surface area contributed by atoms with E-state index in [1.54, 1.807) is 0 Å². The van der Waals surface area contributed by atoms with Crippen molar-refractivity contribution < 1.29 is 4.42 Å². The highest BCUT2D eigenvalue weighted by molar-refractivity contribution is 6.07. The molecule has 0 aliphatic carbocycles. The number of nitrogens with zero attached hydrogens (tertiary/aromatic N) is 3. The summed E-state index contributed by atoms with van der Waals surface area (Å²) in [6, 6.07) is 67.2. The van der Waals surface area contributed by atoms with Gasteiger partial charge < -0.3 is 4.42 Å². The van der Waals surface area contributed by atoms with E-state index in [0.29, 0.717) is 17.5 Å². The lowest BCUT2D eigenvalue weighted by Gasteiger charge is -2.16. The standard InChI is InChI=1S/C54H37N3O/c1-35-25-26-42(32-48(35)46-24-13-12-23-45(46)36(2)37-15-6-3-7-16-37)40-21-14-22-41(31-40)43-27-29-47-49-33-44(28-30-50(49)58-51(47)34-43)54-56-52(38-17-8-4-9-18-38)55-53(57-54)39-19-10-5-11-20-39/h3-34H,2H2,1H3. The van der Waals surface area contributed by atoms with Crippen LogP contribution in [-0.4, -0.2) is 15.0 Å². The maximum absolute atomic E-state index is 6.49. The molecule has 0 spiro atoms. The van der Waals surface area contributed by atoms with Gasteiger partial charge in [-0.3, -0.25) is 0 Å². The second-order valence-electron chi connectivity index (χ2n) is 14.6. The molecule has 10 rings (SSSR count). The number of fused-ring (bicyclic) bond motifs is 3. The number of rotatable bonds is 8. The zero-order valence-corrected chi connectivity index (χ0v) is 31.9. The summed E-state index contributed by atoms with van der Waals surface area (Å²) < 4.78 is 6.49. The lowest BCUT2D eigenvalue weighted by molar-refractivity contribution is 0.669. The molecule has 8 aromatic carbocycles. The van der Waals surface area contributed by atoms with E-state index < -0.39 is 0 Å². The molecule has 0 N–H and O–H groups in total. The Morgan fingerprint density at radius 2 is 0.931 bits per heavy atom. The average Bonchev–Trinajstić information content (AvgIpc) is 3.67. The number of aryl methyl sites for hydroxylation is 1. The molecule has 4 nitrogen and oxygen atoms in total. The Hall–Kier alpha value is -7.69. The highest BCUT2D eigenvalue weighted by Gasteiger charge is 2.16. The van der Waals surface area contributed by atoms with E-state index in [1.807, 2.05) is 78.9 Å². The Balaban J connectivity index is 0.994. The lowest BCUT2D eigenvalue weighted by atomic mass is 9.88. The van der Waals surface area contributed by atoms with E-state index in [1.165, 1.54) is 16.7 Å². The van der Waals surface area contributed by atoms with Gasteiger partial charge in [0.25, 0.3) is 0 Å². The van der Waals surface area contributed by atoms with Crippen molar-refractivity contribution in [2.75, 3.05) is 0 Å².